The van der Waals surface area contributed by atoms with Crippen LogP contribution in [0.3, 0.4) is 0 Å². The van der Waals surface area contributed by atoms with Crippen molar-refractivity contribution in [3.05, 3.63) is 23.8 Å². The highest BCUT2D eigenvalue weighted by atomic mass is 14.1. The van der Waals surface area contributed by atoms with Gasteiger partial charge in [0.15, 0.2) is 0 Å². The fraction of sp³-hybridized carbons (Fsp3) is 0.692. The van der Waals surface area contributed by atoms with E-state index in [9.17, 15) is 0 Å². The van der Waals surface area contributed by atoms with Crippen molar-refractivity contribution in [2.45, 2.75) is 47.5 Å². The van der Waals surface area contributed by atoms with Crippen LogP contribution in [-0.4, -0.2) is 0 Å². The summed E-state index contributed by atoms with van der Waals surface area (Å²) in [7, 11) is 0. The maximum Gasteiger partial charge on any atom is -0.0294 e. The molecule has 0 unspecified atom stereocenters. The Morgan fingerprint density at radius 3 is 1.69 bits per heavy atom. The third kappa shape index (κ3) is 7.83. The summed E-state index contributed by atoms with van der Waals surface area (Å²) in [4.78, 5) is 0. The molecule has 13 heavy (non-hydrogen) atoms. The summed E-state index contributed by atoms with van der Waals surface area (Å²) >= 11 is 0. The zero-order valence-electron chi connectivity index (χ0n) is 9.85. The Balaban J connectivity index is 4.27. The predicted molar refractivity (Wildman–Crippen MR) is 61.8 cm³/mol. The van der Waals surface area contributed by atoms with E-state index in [4.69, 9.17) is 0 Å². The van der Waals surface area contributed by atoms with Gasteiger partial charge in [0, 0.05) is 0 Å². The summed E-state index contributed by atoms with van der Waals surface area (Å²) in [5.74, 6) is 1.51. The molecule has 0 nitrogen and oxygen atoms in total. The molecule has 0 amide bonds. The van der Waals surface area contributed by atoms with E-state index in [0.717, 1.165) is 11.8 Å². The van der Waals surface area contributed by atoms with Gasteiger partial charge in [0.1, 0.15) is 0 Å². The van der Waals surface area contributed by atoms with Crippen molar-refractivity contribution >= 4 is 0 Å². The van der Waals surface area contributed by atoms with Gasteiger partial charge in [0.2, 0.25) is 0 Å². The molecule has 0 aliphatic carbocycles. The van der Waals surface area contributed by atoms with Crippen LogP contribution in [0.4, 0.5) is 0 Å². The molecular formula is C13H24. The molecule has 76 valence electrons. The Labute approximate surface area is 83.7 Å². The maximum absolute atomic E-state index is 3.93. The Hall–Kier alpha value is -0.520. The molecule has 0 spiro atoms. The molecule has 0 radical (unpaired) electrons. The molecule has 0 aliphatic rings. The number of hydrogen-bond acceptors (Lipinski definition) is 0. The van der Waals surface area contributed by atoms with E-state index in [1.165, 1.54) is 18.4 Å². The fourth-order valence-corrected chi connectivity index (χ4v) is 1.60. The lowest BCUT2D eigenvalue weighted by Gasteiger charge is -2.12. The van der Waals surface area contributed by atoms with Crippen LogP contribution < -0.4 is 0 Å². The van der Waals surface area contributed by atoms with Crippen LogP contribution in [0.5, 0.6) is 0 Å². The van der Waals surface area contributed by atoms with Crippen molar-refractivity contribution in [1.82, 2.24) is 0 Å². The van der Waals surface area contributed by atoms with E-state index < -0.39 is 0 Å². The highest BCUT2D eigenvalue weighted by Crippen LogP contribution is 2.20. The third-order valence-electron chi connectivity index (χ3n) is 1.79. The quantitative estimate of drug-likeness (QED) is 0.543. The highest BCUT2D eigenvalue weighted by molar-refractivity contribution is 5.19. The van der Waals surface area contributed by atoms with Gasteiger partial charge in [-0.3, -0.25) is 0 Å². The molecule has 0 bridgehead atoms. The summed E-state index contributed by atoms with van der Waals surface area (Å²) in [6.07, 6.45) is 4.68. The Kier molecular flexibility index (Phi) is 5.77. The Morgan fingerprint density at radius 2 is 1.46 bits per heavy atom. The van der Waals surface area contributed by atoms with Crippen molar-refractivity contribution in [2.75, 3.05) is 0 Å². The van der Waals surface area contributed by atoms with E-state index in [2.05, 4.69) is 47.3 Å². The van der Waals surface area contributed by atoms with Gasteiger partial charge in [-0.2, -0.15) is 0 Å². The van der Waals surface area contributed by atoms with Gasteiger partial charge in [-0.15, -0.1) is 0 Å². The maximum atomic E-state index is 3.93. The Morgan fingerprint density at radius 1 is 1.08 bits per heavy atom. The minimum absolute atomic E-state index is 0.754. The zero-order chi connectivity index (χ0) is 10.4. The first kappa shape index (κ1) is 12.5. The van der Waals surface area contributed by atoms with Crippen molar-refractivity contribution in [1.29, 1.82) is 0 Å². The fourth-order valence-electron chi connectivity index (χ4n) is 1.60. The minimum atomic E-state index is 0.754. The lowest BCUT2D eigenvalue weighted by atomic mass is 9.94. The largest absolute Gasteiger partial charge is 0.0961 e. The van der Waals surface area contributed by atoms with E-state index >= 15 is 0 Å². The first-order valence-corrected chi connectivity index (χ1v) is 5.26. The average Bonchev–Trinajstić information content (AvgIpc) is 1.80. The van der Waals surface area contributed by atoms with Gasteiger partial charge < -0.3 is 0 Å². The van der Waals surface area contributed by atoms with Crippen molar-refractivity contribution in [3.8, 4) is 0 Å². The van der Waals surface area contributed by atoms with Gasteiger partial charge in [-0.05, 0) is 31.6 Å². The zero-order valence-corrected chi connectivity index (χ0v) is 9.85. The van der Waals surface area contributed by atoms with E-state index in [-0.39, 0.29) is 0 Å². The molecule has 0 saturated carbocycles. The monoisotopic (exact) mass is 180 g/mol. The molecule has 0 heteroatoms. The second-order valence-corrected chi connectivity index (χ2v) is 4.84. The molecule has 0 N–H and O–H groups in total. The highest BCUT2D eigenvalue weighted by Gasteiger charge is 2.03. The molecule has 0 heterocycles. The smallest absolute Gasteiger partial charge is 0.0294 e. The summed E-state index contributed by atoms with van der Waals surface area (Å²) in [6, 6.07) is 0. The molecule has 0 rings (SSSR count). The van der Waals surface area contributed by atoms with Crippen molar-refractivity contribution in [2.24, 2.45) is 11.8 Å². The van der Waals surface area contributed by atoms with Crippen LogP contribution in [0, 0.1) is 11.8 Å². The first-order chi connectivity index (χ1) is 5.91. The molecule has 0 saturated heterocycles. The van der Waals surface area contributed by atoms with Crippen LogP contribution in [0.15, 0.2) is 23.8 Å². The molecule has 0 fully saturated rings. The molecule has 0 aromatic heterocycles. The van der Waals surface area contributed by atoms with Gasteiger partial charge in [0.25, 0.3) is 0 Å². The molecule has 0 aliphatic heterocycles. The normalized spacial score (nSPS) is 10.7. The second kappa shape index (κ2) is 6.01. The van der Waals surface area contributed by atoms with Gasteiger partial charge in [-0.1, -0.05) is 51.5 Å². The van der Waals surface area contributed by atoms with Gasteiger partial charge in [0.05, 0.1) is 0 Å². The van der Waals surface area contributed by atoms with Gasteiger partial charge in [-0.25, -0.2) is 0 Å². The second-order valence-electron chi connectivity index (χ2n) is 4.84. The van der Waals surface area contributed by atoms with Crippen LogP contribution in [-0.2, 0) is 0 Å². The molecule has 0 aromatic carbocycles. The van der Waals surface area contributed by atoms with Crippen LogP contribution in [0.2, 0.25) is 0 Å². The standard InChI is InChI=1S/C13H24/c1-10(2)7-13(8-11(3)4)9-12(5)6/h7,11-12H,1,8-9H2,2-6H3. The molecular weight excluding hydrogens is 156 g/mol. The minimum Gasteiger partial charge on any atom is -0.0961 e. The first-order valence-electron chi connectivity index (χ1n) is 5.26. The van der Waals surface area contributed by atoms with Gasteiger partial charge >= 0.3 is 0 Å². The summed E-state index contributed by atoms with van der Waals surface area (Å²) in [5, 5.41) is 0. The van der Waals surface area contributed by atoms with E-state index in [1.54, 1.807) is 5.57 Å². The summed E-state index contributed by atoms with van der Waals surface area (Å²) in [6.45, 7) is 15.1. The van der Waals surface area contributed by atoms with Crippen molar-refractivity contribution in [3.63, 3.8) is 0 Å². The van der Waals surface area contributed by atoms with E-state index in [0.29, 0.717) is 0 Å². The molecule has 0 atom stereocenters. The lowest BCUT2D eigenvalue weighted by Crippen LogP contribution is -1.97. The number of rotatable bonds is 5. The third-order valence-corrected chi connectivity index (χ3v) is 1.79. The lowest BCUT2D eigenvalue weighted by molar-refractivity contribution is 0.570. The molecule has 0 aromatic rings. The van der Waals surface area contributed by atoms with Crippen LogP contribution in [0.1, 0.15) is 47.5 Å². The topological polar surface area (TPSA) is 0 Å². The SMILES string of the molecule is C=C(C)C=C(CC(C)C)CC(C)C. The van der Waals surface area contributed by atoms with Crippen molar-refractivity contribution < 1.29 is 0 Å². The Bertz CT molecular complexity index is 170. The number of hydrogen-bond donors (Lipinski definition) is 0. The van der Waals surface area contributed by atoms with Crippen LogP contribution >= 0.6 is 0 Å². The van der Waals surface area contributed by atoms with E-state index in [1.807, 2.05) is 0 Å². The number of allylic oxidation sites excluding steroid dienone is 3. The average molecular weight is 180 g/mol. The summed E-state index contributed by atoms with van der Waals surface area (Å²) < 4.78 is 0. The predicted octanol–water partition coefficient (Wildman–Crippen LogP) is 4.58. The summed E-state index contributed by atoms with van der Waals surface area (Å²) in [5.41, 5.74) is 2.73. The van der Waals surface area contributed by atoms with Crippen LogP contribution in [0.25, 0.3) is 0 Å².